The second-order valence-corrected chi connectivity index (χ2v) is 11.2. The first-order valence-electron chi connectivity index (χ1n) is 8.87. The van der Waals surface area contributed by atoms with Crippen molar-refractivity contribution in [3.05, 3.63) is 29.9 Å². The van der Waals surface area contributed by atoms with Crippen molar-refractivity contribution in [1.82, 2.24) is 0 Å². The van der Waals surface area contributed by atoms with Gasteiger partial charge in [-0.2, -0.15) is 0 Å². The molecule has 0 saturated heterocycles. The van der Waals surface area contributed by atoms with Crippen molar-refractivity contribution >= 4 is 24.2 Å². The van der Waals surface area contributed by atoms with Crippen LogP contribution in [-0.4, -0.2) is 17.9 Å². The molecule has 1 aromatic rings. The molecule has 0 aliphatic heterocycles. The van der Waals surface area contributed by atoms with Crippen LogP contribution in [0.4, 0.5) is 0 Å². The van der Waals surface area contributed by atoms with E-state index in [0.29, 0.717) is 0 Å². The summed E-state index contributed by atoms with van der Waals surface area (Å²) < 4.78 is 5.63. The van der Waals surface area contributed by atoms with Crippen LogP contribution in [0.25, 0.3) is 0 Å². The van der Waals surface area contributed by atoms with E-state index in [2.05, 4.69) is 29.9 Å². The monoisotopic (exact) mass is 338 g/mol. The van der Waals surface area contributed by atoms with Crippen LogP contribution in [0, 0.1) is 5.62 Å². The third-order valence-corrected chi connectivity index (χ3v) is 11.5. The smallest absolute Gasteiger partial charge is 0.119 e. The maximum absolute atomic E-state index is 6.61. The lowest BCUT2D eigenvalue weighted by Gasteiger charge is -2.43. The molecule has 0 spiro atoms. The van der Waals surface area contributed by atoms with Gasteiger partial charge in [0.2, 0.25) is 0 Å². The SMILES string of the molecule is CCOc1ccc([P+]([CH-]Cl)(C2CCCC2)C2CCCC2)cc1. The second kappa shape index (κ2) is 7.54. The molecule has 1 aromatic carbocycles. The normalized spacial score (nSPS) is 20.6. The summed E-state index contributed by atoms with van der Waals surface area (Å²) in [4.78, 5) is 0. The Kier molecular flexibility index (Phi) is 5.69. The van der Waals surface area contributed by atoms with E-state index in [1.165, 1.54) is 56.7 Å². The van der Waals surface area contributed by atoms with Crippen molar-refractivity contribution in [3.63, 3.8) is 0 Å². The highest BCUT2D eigenvalue weighted by molar-refractivity contribution is 7.87. The van der Waals surface area contributed by atoms with Crippen molar-refractivity contribution in [2.24, 2.45) is 0 Å². The van der Waals surface area contributed by atoms with Gasteiger partial charge >= 0.3 is 0 Å². The topological polar surface area (TPSA) is 9.23 Å². The Morgan fingerprint density at radius 1 is 1.00 bits per heavy atom. The number of ether oxygens (including phenoxy) is 1. The fourth-order valence-electron chi connectivity index (χ4n) is 4.57. The number of rotatable bonds is 6. The van der Waals surface area contributed by atoms with Crippen LogP contribution in [-0.2, 0) is 0 Å². The predicted octanol–water partition coefficient (Wildman–Crippen LogP) is 5.97. The van der Waals surface area contributed by atoms with Crippen LogP contribution in [0.2, 0.25) is 0 Å². The van der Waals surface area contributed by atoms with E-state index in [9.17, 15) is 0 Å². The Morgan fingerprint density at radius 2 is 1.50 bits per heavy atom. The maximum Gasteiger partial charge on any atom is 0.119 e. The van der Waals surface area contributed by atoms with Crippen LogP contribution in [0.3, 0.4) is 0 Å². The van der Waals surface area contributed by atoms with Crippen LogP contribution in [0.5, 0.6) is 5.75 Å². The van der Waals surface area contributed by atoms with E-state index < -0.39 is 7.26 Å². The standard InChI is InChI=1S/C19H28ClOP/c1-2-21-16-11-13-19(14-12-16)22(15-20,17-7-3-4-8-17)18-9-5-6-10-18/h11-15,17-18H,2-10H2,1H3. The molecule has 1 nitrogen and oxygen atoms in total. The van der Waals surface area contributed by atoms with Gasteiger partial charge in [0.05, 0.1) is 11.9 Å². The minimum atomic E-state index is -1.38. The lowest BCUT2D eigenvalue weighted by Crippen LogP contribution is -2.28. The zero-order valence-corrected chi connectivity index (χ0v) is 15.3. The molecular weight excluding hydrogens is 311 g/mol. The molecule has 2 aliphatic rings. The van der Waals surface area contributed by atoms with Gasteiger partial charge in [-0.3, -0.25) is 0 Å². The summed E-state index contributed by atoms with van der Waals surface area (Å²) in [6.45, 7) is 2.77. The van der Waals surface area contributed by atoms with Gasteiger partial charge in [-0.15, -0.1) is 0 Å². The van der Waals surface area contributed by atoms with Crippen molar-refractivity contribution in [1.29, 1.82) is 0 Å². The summed E-state index contributed by atoms with van der Waals surface area (Å²) in [6, 6.07) is 8.93. The first-order chi connectivity index (χ1) is 10.8. The molecular formula is C19H28ClOP. The molecule has 3 heteroatoms. The number of benzene rings is 1. The molecule has 0 radical (unpaired) electrons. The first kappa shape index (κ1) is 16.6. The van der Waals surface area contributed by atoms with Crippen LogP contribution >= 0.6 is 18.9 Å². The third-order valence-electron chi connectivity index (χ3n) is 5.61. The van der Waals surface area contributed by atoms with Gasteiger partial charge < -0.3 is 16.3 Å². The molecule has 0 atom stereocenters. The van der Waals surface area contributed by atoms with E-state index in [0.717, 1.165) is 23.7 Å². The van der Waals surface area contributed by atoms with E-state index in [1.54, 1.807) is 0 Å². The average Bonchev–Trinajstić information content (AvgIpc) is 3.24. The molecule has 0 amide bonds. The van der Waals surface area contributed by atoms with Gasteiger partial charge in [0.15, 0.2) is 0 Å². The van der Waals surface area contributed by atoms with E-state index in [-0.39, 0.29) is 0 Å². The van der Waals surface area contributed by atoms with Gasteiger partial charge in [-0.05, 0) is 82.6 Å². The molecule has 122 valence electrons. The Balaban J connectivity index is 1.95. The molecule has 2 aliphatic carbocycles. The Bertz CT molecular complexity index is 445. The van der Waals surface area contributed by atoms with Crippen molar-refractivity contribution in [3.8, 4) is 5.75 Å². The maximum atomic E-state index is 6.61. The summed E-state index contributed by atoms with van der Waals surface area (Å²) in [5.41, 5.74) is 3.80. The Labute approximate surface area is 141 Å². The zero-order chi connectivity index (χ0) is 15.4. The van der Waals surface area contributed by atoms with Gasteiger partial charge in [0.25, 0.3) is 0 Å². The fourth-order valence-corrected chi connectivity index (χ4v) is 10.8. The first-order valence-corrected chi connectivity index (χ1v) is 11.3. The average molecular weight is 339 g/mol. The molecule has 2 fully saturated rings. The lowest BCUT2D eigenvalue weighted by molar-refractivity contribution is 0.340. The van der Waals surface area contributed by atoms with E-state index >= 15 is 0 Å². The quantitative estimate of drug-likeness (QED) is 0.458. The van der Waals surface area contributed by atoms with Crippen LogP contribution in [0.15, 0.2) is 24.3 Å². The summed E-state index contributed by atoms with van der Waals surface area (Å²) in [5, 5.41) is 1.52. The molecule has 22 heavy (non-hydrogen) atoms. The Hall–Kier alpha value is -0.260. The highest BCUT2D eigenvalue weighted by Gasteiger charge is 2.48. The minimum Gasteiger partial charge on any atom is -0.494 e. The molecule has 2 saturated carbocycles. The third kappa shape index (κ3) is 3.04. The molecule has 0 heterocycles. The highest BCUT2D eigenvalue weighted by Crippen LogP contribution is 2.74. The largest absolute Gasteiger partial charge is 0.494 e. The summed E-state index contributed by atoms with van der Waals surface area (Å²) in [5.74, 6) is 0.983. The molecule has 0 aromatic heterocycles. The number of hydrogen-bond donors (Lipinski definition) is 0. The summed E-state index contributed by atoms with van der Waals surface area (Å²) >= 11 is 6.61. The van der Waals surface area contributed by atoms with Crippen molar-refractivity contribution in [2.75, 3.05) is 6.61 Å². The minimum absolute atomic E-state index is 0.729. The Morgan fingerprint density at radius 3 is 1.91 bits per heavy atom. The molecule has 0 bridgehead atoms. The zero-order valence-electron chi connectivity index (χ0n) is 13.6. The van der Waals surface area contributed by atoms with E-state index in [1.807, 2.05) is 6.92 Å². The highest BCUT2D eigenvalue weighted by atomic mass is 35.5. The summed E-state index contributed by atoms with van der Waals surface area (Å²) in [7, 11) is -1.38. The lowest BCUT2D eigenvalue weighted by atomic mass is 10.3. The predicted molar refractivity (Wildman–Crippen MR) is 98.8 cm³/mol. The van der Waals surface area contributed by atoms with Crippen molar-refractivity contribution < 1.29 is 4.74 Å². The molecule has 0 N–H and O–H groups in total. The van der Waals surface area contributed by atoms with Gasteiger partial charge in [-0.25, -0.2) is 0 Å². The molecule has 3 rings (SSSR count). The van der Waals surface area contributed by atoms with Gasteiger partial charge in [0.1, 0.15) is 5.75 Å². The summed E-state index contributed by atoms with van der Waals surface area (Å²) in [6.07, 6.45) is 11.1. The van der Waals surface area contributed by atoms with Crippen LogP contribution in [0.1, 0.15) is 58.3 Å². The van der Waals surface area contributed by atoms with Gasteiger partial charge in [0, 0.05) is 11.3 Å². The van der Waals surface area contributed by atoms with Gasteiger partial charge in [-0.1, -0.05) is 12.9 Å². The molecule has 0 unspecified atom stereocenters. The number of hydrogen-bond acceptors (Lipinski definition) is 1. The second-order valence-electron chi connectivity index (χ2n) is 6.74. The number of halogens is 1. The van der Waals surface area contributed by atoms with E-state index in [4.69, 9.17) is 16.3 Å². The fraction of sp³-hybridized carbons (Fsp3) is 0.632. The van der Waals surface area contributed by atoms with Crippen molar-refractivity contribution in [2.45, 2.75) is 69.6 Å². The van der Waals surface area contributed by atoms with Crippen LogP contribution < -0.4 is 10.0 Å².